The van der Waals surface area contributed by atoms with Gasteiger partial charge in [0.25, 0.3) is 0 Å². The van der Waals surface area contributed by atoms with Crippen LogP contribution < -0.4 is 10.6 Å². The number of rotatable bonds is 10. The summed E-state index contributed by atoms with van der Waals surface area (Å²) in [6, 6.07) is 85.3. The van der Waals surface area contributed by atoms with E-state index in [0.29, 0.717) is 5.84 Å². The first-order chi connectivity index (χ1) is 33.1. The Hall–Kier alpha value is -8.45. The average Bonchev–Trinajstić information content (AvgIpc) is 3.42. The molecule has 0 fully saturated rings. The van der Waals surface area contributed by atoms with Gasteiger partial charge in [-0.15, -0.1) is 0 Å². The van der Waals surface area contributed by atoms with Crippen LogP contribution in [-0.2, 0) is 0 Å². The Balaban J connectivity index is 0.922. The molecule has 11 rings (SSSR count). The summed E-state index contributed by atoms with van der Waals surface area (Å²) in [6.45, 7) is 0. The first-order valence-electron chi connectivity index (χ1n) is 22.8. The third-order valence-electron chi connectivity index (χ3n) is 12.6. The molecule has 9 aromatic rings. The van der Waals surface area contributed by atoms with Gasteiger partial charge in [0.15, 0.2) is 12.0 Å². The van der Waals surface area contributed by atoms with E-state index in [1.807, 2.05) is 18.2 Å². The number of aliphatic imine (C=N–C) groups is 3. The molecule has 0 spiro atoms. The number of nitrogens with zero attached hydrogens (tertiary/aromatic N) is 4. The van der Waals surface area contributed by atoms with Crippen molar-refractivity contribution in [3.8, 4) is 44.5 Å². The Morgan fingerprint density at radius 3 is 1.42 bits per heavy atom. The van der Waals surface area contributed by atoms with E-state index in [0.717, 1.165) is 89.6 Å². The highest BCUT2D eigenvalue weighted by Gasteiger charge is 2.29. The molecule has 0 saturated carbocycles. The maximum atomic E-state index is 5.42. The average molecular weight is 865 g/mol. The molecule has 0 bridgehead atoms. The van der Waals surface area contributed by atoms with Crippen LogP contribution in [0, 0.1) is 0 Å². The Labute approximate surface area is 392 Å². The molecular weight excluding hydrogens is 817 g/mol. The molecule has 2 aliphatic heterocycles. The predicted octanol–water partition coefficient (Wildman–Crippen LogP) is 13.5. The third-order valence-corrected chi connectivity index (χ3v) is 12.6. The fourth-order valence-electron chi connectivity index (χ4n) is 9.24. The van der Waals surface area contributed by atoms with E-state index in [1.54, 1.807) is 0 Å². The molecule has 9 aromatic carbocycles. The Kier molecular flexibility index (Phi) is 11.4. The van der Waals surface area contributed by atoms with Crippen molar-refractivity contribution in [2.75, 3.05) is 7.05 Å². The molecule has 2 N–H and O–H groups in total. The highest BCUT2D eigenvalue weighted by atomic mass is 15.3. The van der Waals surface area contributed by atoms with Gasteiger partial charge in [0.2, 0.25) is 0 Å². The van der Waals surface area contributed by atoms with Crippen LogP contribution in [0.25, 0.3) is 44.5 Å². The van der Waals surface area contributed by atoms with Crippen LogP contribution in [0.1, 0.15) is 51.9 Å². The second-order valence-corrected chi connectivity index (χ2v) is 16.9. The molecule has 2 aliphatic rings. The molecule has 6 nitrogen and oxygen atoms in total. The maximum Gasteiger partial charge on any atom is 0.160 e. The summed E-state index contributed by atoms with van der Waals surface area (Å²) in [5.74, 6) is 2.44. The van der Waals surface area contributed by atoms with Gasteiger partial charge in [-0.1, -0.05) is 224 Å². The van der Waals surface area contributed by atoms with Crippen molar-refractivity contribution in [3.05, 3.63) is 276 Å². The van der Waals surface area contributed by atoms with Crippen LogP contribution in [0.4, 0.5) is 0 Å². The van der Waals surface area contributed by atoms with E-state index in [9.17, 15) is 0 Å². The number of hydrogen-bond donors (Lipinski definition) is 2. The number of benzene rings is 9. The SMILES string of the molecule is CN1C(c2ccccc2)=NC(c2ccccc2-c2ccccc2)=NC1c1cccc(-c2cccc(-c3cccc(C4NC(c5ccccc5-c5ccccc5)=NC(c5ccccc5)N4)c3)c2)c1. The third kappa shape index (κ3) is 8.62. The lowest BCUT2D eigenvalue weighted by molar-refractivity contribution is 0.383. The summed E-state index contributed by atoms with van der Waals surface area (Å²) < 4.78 is 0. The molecule has 2 heterocycles. The minimum absolute atomic E-state index is 0.205. The van der Waals surface area contributed by atoms with Crippen LogP contribution in [0.3, 0.4) is 0 Å². The predicted molar refractivity (Wildman–Crippen MR) is 276 cm³/mol. The molecule has 0 amide bonds. The van der Waals surface area contributed by atoms with Gasteiger partial charge < -0.3 is 10.2 Å². The molecule has 0 saturated heterocycles. The minimum Gasteiger partial charge on any atom is -0.350 e. The van der Waals surface area contributed by atoms with E-state index in [4.69, 9.17) is 15.0 Å². The van der Waals surface area contributed by atoms with Gasteiger partial charge in [0.05, 0.1) is 0 Å². The molecular formula is C61H48N6. The van der Waals surface area contributed by atoms with Crippen molar-refractivity contribution < 1.29 is 0 Å². The molecule has 0 aliphatic carbocycles. The monoisotopic (exact) mass is 864 g/mol. The van der Waals surface area contributed by atoms with Crippen LogP contribution in [0.15, 0.2) is 258 Å². The lowest BCUT2D eigenvalue weighted by Crippen LogP contribution is -2.45. The van der Waals surface area contributed by atoms with Crippen LogP contribution in [0.5, 0.6) is 0 Å². The summed E-state index contributed by atoms with van der Waals surface area (Å²) in [6.07, 6.45) is -0.763. The second-order valence-electron chi connectivity index (χ2n) is 16.9. The minimum atomic E-state index is -0.311. The quantitative estimate of drug-likeness (QED) is 0.144. The number of amidine groups is 3. The molecule has 3 atom stereocenters. The lowest BCUT2D eigenvalue weighted by atomic mass is 9.95. The molecule has 3 unspecified atom stereocenters. The maximum absolute atomic E-state index is 5.42. The standard InChI is InChI=1S/C61H48N6/c1-67-60(45-27-12-5-13-28-45)65-59(55-38-17-15-36-53(55)43-23-8-3-9-24-43)66-61(67)51-34-20-32-49(41-51)47-30-18-29-46(39-47)48-31-19-33-50(40-48)57-62-56(44-25-10-4-11-26-44)63-58(64-57)54-37-16-14-35-52(54)42-21-6-2-7-22-42/h2-41,56-57,61-62H,1H3,(H,63,64). The fraction of sp³-hybridized carbons (Fsp3) is 0.0656. The van der Waals surface area contributed by atoms with Crippen LogP contribution in [-0.4, -0.2) is 29.5 Å². The second kappa shape index (κ2) is 18.6. The molecule has 67 heavy (non-hydrogen) atoms. The van der Waals surface area contributed by atoms with Crippen molar-refractivity contribution in [2.24, 2.45) is 15.0 Å². The van der Waals surface area contributed by atoms with E-state index in [1.165, 1.54) is 0 Å². The smallest absolute Gasteiger partial charge is 0.160 e. The zero-order valence-corrected chi connectivity index (χ0v) is 37.1. The summed E-state index contributed by atoms with van der Waals surface area (Å²) in [5, 5.41) is 7.63. The first-order valence-corrected chi connectivity index (χ1v) is 22.8. The van der Waals surface area contributed by atoms with Gasteiger partial charge in [0.1, 0.15) is 24.0 Å². The van der Waals surface area contributed by atoms with Gasteiger partial charge >= 0.3 is 0 Å². The molecule has 322 valence electrons. The Bertz CT molecular complexity index is 3270. The van der Waals surface area contributed by atoms with Crippen molar-refractivity contribution >= 4 is 17.5 Å². The van der Waals surface area contributed by atoms with E-state index in [-0.39, 0.29) is 18.5 Å². The van der Waals surface area contributed by atoms with Crippen LogP contribution in [0.2, 0.25) is 0 Å². The topological polar surface area (TPSA) is 64.4 Å². The zero-order chi connectivity index (χ0) is 44.9. The molecule has 0 aromatic heterocycles. The van der Waals surface area contributed by atoms with E-state index < -0.39 is 0 Å². The first kappa shape index (κ1) is 41.3. The van der Waals surface area contributed by atoms with Crippen molar-refractivity contribution in [2.45, 2.75) is 18.5 Å². The van der Waals surface area contributed by atoms with Gasteiger partial charge in [-0.25, -0.2) is 15.0 Å². The summed E-state index contributed by atoms with van der Waals surface area (Å²) >= 11 is 0. The number of hydrogen-bond acceptors (Lipinski definition) is 6. The van der Waals surface area contributed by atoms with Gasteiger partial charge in [-0.2, -0.15) is 0 Å². The summed E-state index contributed by atoms with van der Waals surface area (Å²) in [7, 11) is 2.09. The number of nitrogens with one attached hydrogen (secondary N) is 2. The normalized spacial score (nSPS) is 16.9. The van der Waals surface area contributed by atoms with E-state index in [2.05, 4.69) is 247 Å². The van der Waals surface area contributed by atoms with Crippen molar-refractivity contribution in [1.82, 2.24) is 15.5 Å². The highest BCUT2D eigenvalue weighted by Crippen LogP contribution is 2.36. The zero-order valence-electron chi connectivity index (χ0n) is 37.1. The Morgan fingerprint density at radius 1 is 0.373 bits per heavy atom. The summed E-state index contributed by atoms with van der Waals surface area (Å²) in [5.41, 5.74) is 15.4. The van der Waals surface area contributed by atoms with Gasteiger partial charge in [-0.3, -0.25) is 5.32 Å². The largest absolute Gasteiger partial charge is 0.350 e. The highest BCUT2D eigenvalue weighted by molar-refractivity contribution is 6.15. The fourth-order valence-corrected chi connectivity index (χ4v) is 9.24. The van der Waals surface area contributed by atoms with Gasteiger partial charge in [0, 0.05) is 23.7 Å². The Morgan fingerprint density at radius 2 is 0.806 bits per heavy atom. The van der Waals surface area contributed by atoms with Crippen LogP contribution >= 0.6 is 0 Å². The molecule has 6 heteroatoms. The van der Waals surface area contributed by atoms with Gasteiger partial charge in [-0.05, 0) is 79.4 Å². The molecule has 0 radical (unpaired) electrons. The van der Waals surface area contributed by atoms with E-state index >= 15 is 0 Å². The van der Waals surface area contributed by atoms with Crippen molar-refractivity contribution in [1.29, 1.82) is 0 Å². The van der Waals surface area contributed by atoms with Crippen molar-refractivity contribution in [3.63, 3.8) is 0 Å². The lowest BCUT2D eigenvalue weighted by Gasteiger charge is -2.33. The summed E-state index contributed by atoms with van der Waals surface area (Å²) in [4.78, 5) is 18.2.